The molecule has 0 spiro atoms. The molecule has 0 saturated carbocycles. The number of carbonyl (C=O) groups excluding carboxylic acids is 4. The van der Waals surface area contributed by atoms with Crippen LogP contribution in [0, 0.1) is 0 Å². The molecule has 45 heavy (non-hydrogen) atoms. The molecule has 1 saturated heterocycles. The molecule has 228 valence electrons. The third-order valence-corrected chi connectivity index (χ3v) is 6.73. The van der Waals surface area contributed by atoms with E-state index in [0.717, 1.165) is 0 Å². The van der Waals surface area contributed by atoms with Gasteiger partial charge in [0.25, 0.3) is 0 Å². The lowest BCUT2D eigenvalue weighted by Crippen LogP contribution is -2.64. The number of ether oxygens (including phenoxy) is 5. The zero-order chi connectivity index (χ0) is 31.8. The Bertz CT molecular complexity index is 1640. The summed E-state index contributed by atoms with van der Waals surface area (Å²) in [6, 6.07) is 30.8. The maximum atomic E-state index is 13.3. The van der Waals surface area contributed by atoms with E-state index in [-0.39, 0.29) is 22.3 Å². The summed E-state index contributed by atoms with van der Waals surface area (Å²) in [6.45, 7) is 0. The van der Waals surface area contributed by atoms with E-state index in [9.17, 15) is 29.1 Å². The van der Waals surface area contributed by atoms with Crippen molar-refractivity contribution in [1.82, 2.24) is 0 Å². The Morgan fingerprint density at radius 1 is 0.444 bits per heavy atom. The van der Waals surface area contributed by atoms with Crippen LogP contribution < -0.4 is 0 Å². The van der Waals surface area contributed by atoms with Crippen molar-refractivity contribution in [2.24, 2.45) is 0 Å². The van der Waals surface area contributed by atoms with Crippen molar-refractivity contribution >= 4 is 29.8 Å². The molecule has 1 unspecified atom stereocenters. The SMILES string of the molecule is O=C(O[13CH]1O[13C@H]([13C](=O)O)[13C@@H](OC(=O)c2ccccc2)[13C@H](OC(=O)c2ccccc2)[13C@H]1OC(=O)c1ccccc1)c1ccccc1. The van der Waals surface area contributed by atoms with Gasteiger partial charge >= 0.3 is 29.8 Å². The minimum Gasteiger partial charge on any atom is -0.479 e. The minimum atomic E-state index is -2.02. The molecule has 4 aromatic rings. The second kappa shape index (κ2) is 14.1. The quantitative estimate of drug-likeness (QED) is 0.163. The fourth-order valence-corrected chi connectivity index (χ4v) is 4.54. The molecule has 1 fully saturated rings. The molecular weight excluding hydrogens is 590 g/mol. The van der Waals surface area contributed by atoms with Crippen molar-refractivity contribution in [2.75, 3.05) is 0 Å². The Balaban J connectivity index is 1.57. The minimum absolute atomic E-state index is 0.0604. The average molecular weight is 617 g/mol. The lowest BCUT2D eigenvalue weighted by Gasteiger charge is -2.42. The van der Waals surface area contributed by atoms with E-state index in [1.807, 2.05) is 0 Å². The zero-order valence-corrected chi connectivity index (χ0v) is 23.5. The van der Waals surface area contributed by atoms with E-state index in [1.54, 1.807) is 72.8 Å². The van der Waals surface area contributed by atoms with Gasteiger partial charge < -0.3 is 28.8 Å². The van der Waals surface area contributed by atoms with E-state index in [1.165, 1.54) is 48.5 Å². The summed E-state index contributed by atoms with van der Waals surface area (Å²) in [4.78, 5) is 65.4. The van der Waals surface area contributed by atoms with Crippen LogP contribution in [0.2, 0.25) is 0 Å². The first-order chi connectivity index (χ1) is 21.8. The van der Waals surface area contributed by atoms with Gasteiger partial charge in [0, 0.05) is 0 Å². The summed E-state index contributed by atoms with van der Waals surface area (Å²) in [6.07, 6.45) is -9.40. The van der Waals surface area contributed by atoms with Crippen LogP contribution in [0.3, 0.4) is 0 Å². The summed E-state index contributed by atoms with van der Waals surface area (Å²) in [5, 5.41) is 10.2. The van der Waals surface area contributed by atoms with Crippen LogP contribution in [0.5, 0.6) is 0 Å². The predicted molar refractivity (Wildman–Crippen MR) is 155 cm³/mol. The van der Waals surface area contributed by atoms with Crippen molar-refractivity contribution in [3.63, 3.8) is 0 Å². The van der Waals surface area contributed by atoms with E-state index >= 15 is 0 Å². The molecule has 1 N–H and O–H groups in total. The smallest absolute Gasteiger partial charge is 0.340 e. The van der Waals surface area contributed by atoms with E-state index in [4.69, 9.17) is 23.7 Å². The summed E-state index contributed by atoms with van der Waals surface area (Å²) < 4.78 is 28.3. The molecule has 5 rings (SSSR count). The second-order valence-corrected chi connectivity index (χ2v) is 9.74. The summed E-state index contributed by atoms with van der Waals surface area (Å²) in [5.74, 6) is -5.44. The molecule has 0 amide bonds. The van der Waals surface area contributed by atoms with E-state index < -0.39 is 60.6 Å². The third kappa shape index (κ3) is 7.40. The van der Waals surface area contributed by atoms with E-state index in [2.05, 4.69) is 0 Å². The summed E-state index contributed by atoms with van der Waals surface area (Å²) in [5.41, 5.74) is 0.286. The molecule has 1 aliphatic rings. The molecule has 0 bridgehead atoms. The normalized spacial score (nSPS) is 20.7. The predicted octanol–water partition coefficient (Wildman–Crippen LogP) is 4.33. The van der Waals surface area contributed by atoms with Gasteiger partial charge in [-0.3, -0.25) is 0 Å². The van der Waals surface area contributed by atoms with Crippen molar-refractivity contribution in [3.05, 3.63) is 144 Å². The number of hydrogen-bond acceptors (Lipinski definition) is 10. The van der Waals surface area contributed by atoms with Gasteiger partial charge in [-0.2, -0.15) is 0 Å². The molecule has 4 aromatic carbocycles. The fraction of sp³-hybridized carbons (Fsp3) is 0.147. The van der Waals surface area contributed by atoms with Gasteiger partial charge in [-0.05, 0) is 48.5 Å². The molecule has 11 nitrogen and oxygen atoms in total. The van der Waals surface area contributed by atoms with Crippen molar-refractivity contribution in [2.45, 2.75) is 30.7 Å². The highest BCUT2D eigenvalue weighted by atomic mass is 16.9. The monoisotopic (exact) mass is 616 g/mol. The molecular formula is C34H26O11. The summed E-state index contributed by atoms with van der Waals surface area (Å²) >= 11 is 0. The van der Waals surface area contributed by atoms with Gasteiger partial charge in [0.15, 0.2) is 18.3 Å². The molecule has 0 aromatic heterocycles. The first-order valence-electron chi connectivity index (χ1n) is 13.7. The highest BCUT2D eigenvalue weighted by Gasteiger charge is 2.56. The largest absolute Gasteiger partial charge is 0.479 e. The highest BCUT2D eigenvalue weighted by molar-refractivity contribution is 5.92. The lowest BCUT2D eigenvalue weighted by molar-refractivity contribution is -0.276. The maximum Gasteiger partial charge on any atom is 0.340 e. The zero-order valence-electron chi connectivity index (χ0n) is 23.5. The van der Waals surface area contributed by atoms with Gasteiger partial charge in [0.05, 0.1) is 22.3 Å². The van der Waals surface area contributed by atoms with Crippen molar-refractivity contribution in [1.29, 1.82) is 0 Å². The molecule has 0 aliphatic carbocycles. The third-order valence-electron chi connectivity index (χ3n) is 6.73. The second-order valence-electron chi connectivity index (χ2n) is 9.74. The first-order valence-corrected chi connectivity index (χ1v) is 13.7. The van der Waals surface area contributed by atoms with Crippen LogP contribution in [0.15, 0.2) is 121 Å². The standard InChI is InChI=1S/C34H26O11/c35-29(36)27-25(41-30(37)21-13-5-1-6-14-21)26(42-31(38)22-15-7-2-8-16-22)28(43-32(39)23-17-9-3-10-18-23)34(44-27)45-33(40)24-19-11-4-12-20-24/h1-20,25-28,34H,(H,35,36)/t25-,26-,27-,28+,34?/m0/s1/i25+1,26+1,27+1,28+1,29+1,34+1. The Labute approximate surface area is 256 Å². The number of carbonyl (C=O) groups is 5. The van der Waals surface area contributed by atoms with Crippen LogP contribution >= 0.6 is 0 Å². The van der Waals surface area contributed by atoms with Crippen LogP contribution in [-0.4, -0.2) is 65.7 Å². The average Bonchev–Trinajstić information content (AvgIpc) is 3.08. The molecule has 1 heterocycles. The number of hydrogen-bond donors (Lipinski definition) is 1. The van der Waals surface area contributed by atoms with Crippen LogP contribution in [0.4, 0.5) is 0 Å². The topological polar surface area (TPSA) is 152 Å². The molecule has 0 radical (unpaired) electrons. The van der Waals surface area contributed by atoms with E-state index in [0.29, 0.717) is 0 Å². The van der Waals surface area contributed by atoms with Crippen LogP contribution in [0.1, 0.15) is 41.4 Å². The summed E-state index contributed by atoms with van der Waals surface area (Å²) in [7, 11) is 0. The van der Waals surface area contributed by atoms with Crippen molar-refractivity contribution in [3.8, 4) is 0 Å². The fourth-order valence-electron chi connectivity index (χ4n) is 4.54. The first kappa shape index (κ1) is 30.6. The van der Waals surface area contributed by atoms with Gasteiger partial charge in [0.1, 0.15) is 0 Å². The number of carboxylic acids is 1. The molecule has 5 atom stereocenters. The van der Waals surface area contributed by atoms with Gasteiger partial charge in [-0.15, -0.1) is 0 Å². The molecule has 11 heteroatoms. The Morgan fingerprint density at radius 3 is 1.11 bits per heavy atom. The number of benzene rings is 4. The van der Waals surface area contributed by atoms with Crippen molar-refractivity contribution < 1.29 is 52.8 Å². The number of aliphatic carboxylic acids is 1. The number of esters is 4. The van der Waals surface area contributed by atoms with Gasteiger partial charge in [-0.25, -0.2) is 24.0 Å². The Kier molecular flexibility index (Phi) is 9.61. The Morgan fingerprint density at radius 2 is 0.756 bits per heavy atom. The Hall–Kier alpha value is -5.81. The van der Waals surface area contributed by atoms with Gasteiger partial charge in [-0.1, -0.05) is 72.8 Å². The maximum absolute atomic E-state index is 13.3. The van der Waals surface area contributed by atoms with Crippen LogP contribution in [0.25, 0.3) is 0 Å². The number of rotatable bonds is 9. The van der Waals surface area contributed by atoms with Gasteiger partial charge in [0.2, 0.25) is 12.4 Å². The van der Waals surface area contributed by atoms with Crippen LogP contribution in [-0.2, 0) is 28.5 Å². The molecule has 1 aliphatic heterocycles. The highest BCUT2D eigenvalue weighted by Crippen LogP contribution is 2.32. The number of carboxylic acid groups (broad SMARTS) is 1. The lowest BCUT2D eigenvalue weighted by atomic mass is 10.2.